The van der Waals surface area contributed by atoms with Crippen LogP contribution in [0.1, 0.15) is 18.2 Å². The number of fused-ring (bicyclic) bond motifs is 1. The van der Waals surface area contributed by atoms with Gasteiger partial charge in [0.05, 0.1) is 5.52 Å². The lowest BCUT2D eigenvalue weighted by atomic mass is 10.2. The van der Waals surface area contributed by atoms with Crippen molar-refractivity contribution in [3.8, 4) is 5.75 Å². The SMILES string of the molecule is CCn1nc(COc2cccc(CN)c2)c2ccccc21. The van der Waals surface area contributed by atoms with E-state index in [2.05, 4.69) is 24.2 Å². The molecule has 0 aliphatic heterocycles. The molecule has 0 atom stereocenters. The van der Waals surface area contributed by atoms with Crippen LogP contribution < -0.4 is 10.5 Å². The third-order valence-corrected chi connectivity index (χ3v) is 3.54. The van der Waals surface area contributed by atoms with Gasteiger partial charge in [0.25, 0.3) is 0 Å². The summed E-state index contributed by atoms with van der Waals surface area (Å²) in [6.07, 6.45) is 0. The average Bonchev–Trinajstić information content (AvgIpc) is 2.91. The number of benzene rings is 2. The van der Waals surface area contributed by atoms with E-state index in [4.69, 9.17) is 10.5 Å². The van der Waals surface area contributed by atoms with Gasteiger partial charge in [-0.15, -0.1) is 0 Å². The first-order valence-corrected chi connectivity index (χ1v) is 7.18. The summed E-state index contributed by atoms with van der Waals surface area (Å²) in [5.74, 6) is 0.827. The van der Waals surface area contributed by atoms with Crippen LogP contribution in [0.2, 0.25) is 0 Å². The third-order valence-electron chi connectivity index (χ3n) is 3.54. The number of para-hydroxylation sites is 1. The number of aryl methyl sites for hydroxylation is 1. The zero-order valence-corrected chi connectivity index (χ0v) is 12.1. The van der Waals surface area contributed by atoms with Crippen LogP contribution in [0.3, 0.4) is 0 Å². The first kappa shape index (κ1) is 13.6. The first-order chi connectivity index (χ1) is 10.3. The standard InChI is InChI=1S/C17H19N3O/c1-2-20-17-9-4-3-8-15(17)16(19-20)12-21-14-7-5-6-13(10-14)11-18/h3-10H,2,11-12,18H2,1H3. The highest BCUT2D eigenvalue weighted by molar-refractivity contribution is 5.81. The summed E-state index contributed by atoms with van der Waals surface area (Å²) >= 11 is 0. The second kappa shape index (κ2) is 5.97. The Morgan fingerprint density at radius 2 is 2.00 bits per heavy atom. The molecule has 0 saturated heterocycles. The van der Waals surface area contributed by atoms with Crippen molar-refractivity contribution in [3.63, 3.8) is 0 Å². The number of rotatable bonds is 5. The van der Waals surface area contributed by atoms with E-state index in [1.54, 1.807) is 0 Å². The summed E-state index contributed by atoms with van der Waals surface area (Å²) in [4.78, 5) is 0. The molecule has 0 unspecified atom stereocenters. The lowest BCUT2D eigenvalue weighted by Gasteiger charge is -2.06. The fraction of sp³-hybridized carbons (Fsp3) is 0.235. The van der Waals surface area contributed by atoms with Gasteiger partial charge in [-0.3, -0.25) is 4.68 Å². The van der Waals surface area contributed by atoms with E-state index >= 15 is 0 Å². The van der Waals surface area contributed by atoms with Crippen molar-refractivity contribution < 1.29 is 4.74 Å². The largest absolute Gasteiger partial charge is 0.487 e. The maximum atomic E-state index is 5.87. The first-order valence-electron chi connectivity index (χ1n) is 7.18. The molecule has 0 bridgehead atoms. The van der Waals surface area contributed by atoms with Crippen molar-refractivity contribution in [3.05, 3.63) is 59.8 Å². The summed E-state index contributed by atoms with van der Waals surface area (Å²) in [7, 11) is 0. The van der Waals surface area contributed by atoms with Crippen LogP contribution in [0, 0.1) is 0 Å². The maximum Gasteiger partial charge on any atom is 0.133 e. The third kappa shape index (κ3) is 2.76. The normalized spacial score (nSPS) is 11.0. The highest BCUT2D eigenvalue weighted by atomic mass is 16.5. The van der Waals surface area contributed by atoms with Gasteiger partial charge in [0.1, 0.15) is 18.1 Å². The van der Waals surface area contributed by atoms with Crippen LogP contribution in [-0.2, 0) is 19.7 Å². The minimum atomic E-state index is 0.460. The quantitative estimate of drug-likeness (QED) is 0.782. The molecule has 1 aromatic heterocycles. The molecule has 21 heavy (non-hydrogen) atoms. The molecule has 108 valence electrons. The number of nitrogens with two attached hydrogens (primary N) is 1. The molecule has 0 aliphatic carbocycles. The van der Waals surface area contributed by atoms with Crippen LogP contribution >= 0.6 is 0 Å². The molecule has 0 amide bonds. The minimum Gasteiger partial charge on any atom is -0.487 e. The van der Waals surface area contributed by atoms with Crippen molar-refractivity contribution in [2.75, 3.05) is 0 Å². The lowest BCUT2D eigenvalue weighted by Crippen LogP contribution is -2.01. The van der Waals surface area contributed by atoms with E-state index in [1.165, 1.54) is 0 Å². The van der Waals surface area contributed by atoms with Gasteiger partial charge >= 0.3 is 0 Å². The smallest absolute Gasteiger partial charge is 0.133 e. The number of hydrogen-bond donors (Lipinski definition) is 1. The second-order valence-corrected chi connectivity index (χ2v) is 4.92. The second-order valence-electron chi connectivity index (χ2n) is 4.92. The monoisotopic (exact) mass is 281 g/mol. The maximum absolute atomic E-state index is 5.87. The Bertz CT molecular complexity index is 749. The van der Waals surface area contributed by atoms with Crippen molar-refractivity contribution in [2.45, 2.75) is 26.6 Å². The number of hydrogen-bond acceptors (Lipinski definition) is 3. The van der Waals surface area contributed by atoms with Gasteiger partial charge < -0.3 is 10.5 Å². The highest BCUT2D eigenvalue weighted by Crippen LogP contribution is 2.21. The van der Waals surface area contributed by atoms with E-state index in [9.17, 15) is 0 Å². The van der Waals surface area contributed by atoms with Gasteiger partial charge in [-0.25, -0.2) is 0 Å². The molecule has 0 radical (unpaired) electrons. The fourth-order valence-electron chi connectivity index (χ4n) is 2.46. The Hall–Kier alpha value is -2.33. The van der Waals surface area contributed by atoms with E-state index < -0.39 is 0 Å². The molecule has 3 aromatic rings. The van der Waals surface area contributed by atoms with Gasteiger partial charge in [-0.1, -0.05) is 30.3 Å². The zero-order valence-electron chi connectivity index (χ0n) is 12.1. The fourth-order valence-corrected chi connectivity index (χ4v) is 2.46. The van der Waals surface area contributed by atoms with Crippen molar-refractivity contribution in [1.29, 1.82) is 0 Å². The molecule has 1 heterocycles. The molecular formula is C17H19N3O. The number of aromatic nitrogens is 2. The van der Waals surface area contributed by atoms with Gasteiger partial charge in [-0.05, 0) is 30.7 Å². The van der Waals surface area contributed by atoms with Crippen LogP contribution in [-0.4, -0.2) is 9.78 Å². The number of ether oxygens (including phenoxy) is 1. The van der Waals surface area contributed by atoms with Gasteiger partial charge in [0, 0.05) is 18.5 Å². The summed E-state index contributed by atoms with van der Waals surface area (Å²) in [6, 6.07) is 16.1. The predicted molar refractivity (Wildman–Crippen MR) is 84.1 cm³/mol. The summed E-state index contributed by atoms with van der Waals surface area (Å²) in [5, 5.41) is 5.78. The topological polar surface area (TPSA) is 53.1 Å². The summed E-state index contributed by atoms with van der Waals surface area (Å²) < 4.78 is 7.87. The Morgan fingerprint density at radius 3 is 2.81 bits per heavy atom. The summed E-state index contributed by atoms with van der Waals surface area (Å²) in [5.41, 5.74) is 8.83. The average molecular weight is 281 g/mol. The molecule has 0 aliphatic rings. The number of nitrogens with zero attached hydrogens (tertiary/aromatic N) is 2. The molecule has 0 saturated carbocycles. The Morgan fingerprint density at radius 1 is 1.14 bits per heavy atom. The summed E-state index contributed by atoms with van der Waals surface area (Å²) in [6.45, 7) is 3.92. The van der Waals surface area contributed by atoms with Gasteiger partial charge in [-0.2, -0.15) is 5.10 Å². The molecule has 2 N–H and O–H groups in total. The molecule has 0 fully saturated rings. The van der Waals surface area contributed by atoms with E-state index in [-0.39, 0.29) is 0 Å². The predicted octanol–water partition coefficient (Wildman–Crippen LogP) is 3.09. The van der Waals surface area contributed by atoms with Crippen LogP contribution in [0.25, 0.3) is 10.9 Å². The highest BCUT2D eigenvalue weighted by Gasteiger charge is 2.09. The van der Waals surface area contributed by atoms with Gasteiger partial charge in [0.15, 0.2) is 0 Å². The molecule has 0 spiro atoms. The van der Waals surface area contributed by atoms with E-state index in [1.807, 2.05) is 41.1 Å². The zero-order chi connectivity index (χ0) is 14.7. The van der Waals surface area contributed by atoms with E-state index in [0.29, 0.717) is 13.2 Å². The molecule has 4 heteroatoms. The van der Waals surface area contributed by atoms with Crippen LogP contribution in [0.15, 0.2) is 48.5 Å². The molecular weight excluding hydrogens is 262 g/mol. The molecule has 2 aromatic carbocycles. The lowest BCUT2D eigenvalue weighted by molar-refractivity contribution is 0.300. The van der Waals surface area contributed by atoms with Crippen molar-refractivity contribution in [1.82, 2.24) is 9.78 Å². The van der Waals surface area contributed by atoms with Crippen molar-refractivity contribution in [2.24, 2.45) is 5.73 Å². The Balaban J connectivity index is 1.85. The van der Waals surface area contributed by atoms with E-state index in [0.717, 1.165) is 34.5 Å². The van der Waals surface area contributed by atoms with Crippen LogP contribution in [0.4, 0.5) is 0 Å². The van der Waals surface area contributed by atoms with Gasteiger partial charge in [0.2, 0.25) is 0 Å². The Kier molecular flexibility index (Phi) is 3.88. The molecule has 3 rings (SSSR count). The molecule has 4 nitrogen and oxygen atoms in total. The minimum absolute atomic E-state index is 0.460. The Labute approximate surface area is 124 Å². The van der Waals surface area contributed by atoms with Crippen molar-refractivity contribution >= 4 is 10.9 Å². The van der Waals surface area contributed by atoms with Crippen LogP contribution in [0.5, 0.6) is 5.75 Å².